The van der Waals surface area contributed by atoms with E-state index in [9.17, 15) is 0 Å². The van der Waals surface area contributed by atoms with Gasteiger partial charge in [0.1, 0.15) is 12.1 Å². The number of aryl methyl sites for hydroxylation is 1. The first-order valence-corrected chi connectivity index (χ1v) is 8.50. The number of alkyl halides is 1. The van der Waals surface area contributed by atoms with E-state index in [0.29, 0.717) is 11.9 Å². The molecular weight excluding hydrogens is 270 g/mol. The fraction of sp³-hybridized carbons (Fsp3) is 0.750. The molecule has 1 aliphatic carbocycles. The number of rotatable bonds is 6. The number of nitrogens with zero attached hydrogens (tertiary/aromatic N) is 3. The lowest BCUT2D eigenvalue weighted by Gasteiger charge is -2.32. The van der Waals surface area contributed by atoms with E-state index >= 15 is 0 Å². The molecule has 1 aromatic rings. The van der Waals surface area contributed by atoms with Crippen LogP contribution in [0.4, 0.5) is 5.82 Å². The fourth-order valence-electron chi connectivity index (χ4n) is 3.21. The minimum absolute atomic E-state index is 0.524. The van der Waals surface area contributed by atoms with Crippen LogP contribution >= 0.6 is 11.6 Å². The van der Waals surface area contributed by atoms with Crippen LogP contribution < -0.4 is 4.90 Å². The van der Waals surface area contributed by atoms with Crippen LogP contribution in [0.1, 0.15) is 57.2 Å². The van der Waals surface area contributed by atoms with Gasteiger partial charge in [-0.2, -0.15) is 0 Å². The van der Waals surface area contributed by atoms with Crippen LogP contribution in [0, 0.1) is 0 Å². The summed E-state index contributed by atoms with van der Waals surface area (Å²) in [6.07, 6.45) is 10.0. The zero-order valence-corrected chi connectivity index (χ0v) is 13.5. The fourth-order valence-corrected chi connectivity index (χ4v) is 3.39. The Hall–Kier alpha value is -0.830. The predicted molar refractivity (Wildman–Crippen MR) is 85.7 cm³/mol. The number of halogens is 1. The summed E-state index contributed by atoms with van der Waals surface area (Å²) in [4.78, 5) is 11.6. The first-order chi connectivity index (χ1) is 9.81. The van der Waals surface area contributed by atoms with Crippen molar-refractivity contribution in [2.24, 2.45) is 0 Å². The van der Waals surface area contributed by atoms with E-state index in [1.54, 1.807) is 6.33 Å². The lowest BCUT2D eigenvalue weighted by molar-refractivity contribution is 0.559. The van der Waals surface area contributed by atoms with Crippen molar-refractivity contribution in [1.82, 2.24) is 9.97 Å². The highest BCUT2D eigenvalue weighted by Gasteiger charge is 2.22. The van der Waals surface area contributed by atoms with Gasteiger partial charge in [-0.15, -0.1) is 11.6 Å². The molecule has 0 atom stereocenters. The standard InChI is InChI=1S/C16H26ClN3/c1-3-13(4-2)20(11-10-17)16-14-8-6-5-7-9-15(14)18-12-19-16/h12-13H,3-11H2,1-2H3. The van der Waals surface area contributed by atoms with Gasteiger partial charge in [0.05, 0.1) is 0 Å². The molecule has 0 amide bonds. The second kappa shape index (κ2) is 7.82. The quantitative estimate of drug-likeness (QED) is 0.587. The third kappa shape index (κ3) is 3.43. The third-order valence-corrected chi connectivity index (χ3v) is 4.50. The van der Waals surface area contributed by atoms with E-state index in [4.69, 9.17) is 11.6 Å². The number of fused-ring (bicyclic) bond motifs is 1. The van der Waals surface area contributed by atoms with Crippen LogP contribution in [0.5, 0.6) is 0 Å². The summed E-state index contributed by atoms with van der Waals surface area (Å²) >= 11 is 6.03. The molecule has 0 aromatic carbocycles. The molecule has 1 aliphatic rings. The number of anilines is 1. The Morgan fingerprint density at radius 2 is 1.90 bits per heavy atom. The summed E-state index contributed by atoms with van der Waals surface area (Å²) < 4.78 is 0. The molecule has 112 valence electrons. The Morgan fingerprint density at radius 1 is 1.15 bits per heavy atom. The van der Waals surface area contributed by atoms with Crippen molar-refractivity contribution in [3.8, 4) is 0 Å². The smallest absolute Gasteiger partial charge is 0.135 e. The largest absolute Gasteiger partial charge is 0.352 e. The second-order valence-electron chi connectivity index (χ2n) is 5.54. The monoisotopic (exact) mass is 295 g/mol. The first kappa shape index (κ1) is 15.6. The van der Waals surface area contributed by atoms with Crippen LogP contribution in [-0.4, -0.2) is 28.4 Å². The minimum atomic E-state index is 0.524. The maximum Gasteiger partial charge on any atom is 0.135 e. The normalized spacial score (nSPS) is 15.0. The van der Waals surface area contributed by atoms with Crippen LogP contribution in [0.15, 0.2) is 6.33 Å². The van der Waals surface area contributed by atoms with Crippen molar-refractivity contribution in [2.45, 2.75) is 64.8 Å². The Labute approximate surface area is 127 Å². The molecule has 1 heterocycles. The molecule has 0 spiro atoms. The summed E-state index contributed by atoms with van der Waals surface area (Å²) in [7, 11) is 0. The van der Waals surface area contributed by atoms with Gasteiger partial charge in [-0.3, -0.25) is 0 Å². The summed E-state index contributed by atoms with van der Waals surface area (Å²) in [5.74, 6) is 1.79. The van der Waals surface area contributed by atoms with Gasteiger partial charge >= 0.3 is 0 Å². The van der Waals surface area contributed by atoms with Gasteiger partial charge in [0.15, 0.2) is 0 Å². The highest BCUT2D eigenvalue weighted by Crippen LogP contribution is 2.28. The van der Waals surface area contributed by atoms with E-state index in [2.05, 4.69) is 28.7 Å². The van der Waals surface area contributed by atoms with Crippen molar-refractivity contribution in [1.29, 1.82) is 0 Å². The zero-order chi connectivity index (χ0) is 14.4. The average Bonchev–Trinajstić information content (AvgIpc) is 2.72. The summed E-state index contributed by atoms with van der Waals surface area (Å²) in [6.45, 7) is 5.36. The molecule has 0 unspecified atom stereocenters. The molecule has 0 N–H and O–H groups in total. The van der Waals surface area contributed by atoms with Crippen LogP contribution in [0.2, 0.25) is 0 Å². The van der Waals surface area contributed by atoms with Gasteiger partial charge in [-0.05, 0) is 38.5 Å². The second-order valence-corrected chi connectivity index (χ2v) is 5.91. The van der Waals surface area contributed by atoms with Gasteiger partial charge in [0.25, 0.3) is 0 Å². The Kier molecular flexibility index (Phi) is 6.08. The minimum Gasteiger partial charge on any atom is -0.352 e. The highest BCUT2D eigenvalue weighted by molar-refractivity contribution is 6.18. The van der Waals surface area contributed by atoms with Crippen LogP contribution in [0.25, 0.3) is 0 Å². The number of aromatic nitrogens is 2. The van der Waals surface area contributed by atoms with E-state index in [1.165, 1.54) is 30.5 Å². The van der Waals surface area contributed by atoms with E-state index in [1.807, 2.05) is 0 Å². The predicted octanol–water partition coefficient (Wildman–Crippen LogP) is 3.98. The number of hydrogen-bond acceptors (Lipinski definition) is 3. The number of hydrogen-bond donors (Lipinski definition) is 0. The Balaban J connectivity index is 2.37. The molecule has 1 aromatic heterocycles. The lowest BCUT2D eigenvalue weighted by Crippen LogP contribution is -2.37. The van der Waals surface area contributed by atoms with Crippen LogP contribution in [-0.2, 0) is 12.8 Å². The molecule has 0 saturated heterocycles. The Morgan fingerprint density at radius 3 is 2.60 bits per heavy atom. The van der Waals surface area contributed by atoms with Gasteiger partial charge in [0.2, 0.25) is 0 Å². The zero-order valence-electron chi connectivity index (χ0n) is 12.7. The molecule has 2 rings (SSSR count). The van der Waals surface area contributed by atoms with E-state index in [0.717, 1.165) is 38.0 Å². The van der Waals surface area contributed by atoms with Crippen molar-refractivity contribution >= 4 is 17.4 Å². The van der Waals surface area contributed by atoms with Gasteiger partial charge in [-0.25, -0.2) is 9.97 Å². The SMILES string of the molecule is CCC(CC)N(CCCl)c1ncnc2c1CCCCC2. The highest BCUT2D eigenvalue weighted by atomic mass is 35.5. The van der Waals surface area contributed by atoms with Crippen molar-refractivity contribution in [3.05, 3.63) is 17.6 Å². The molecule has 0 aliphatic heterocycles. The molecule has 0 radical (unpaired) electrons. The molecular formula is C16H26ClN3. The molecule has 4 heteroatoms. The van der Waals surface area contributed by atoms with Gasteiger partial charge < -0.3 is 4.90 Å². The molecule has 0 saturated carbocycles. The average molecular weight is 296 g/mol. The van der Waals surface area contributed by atoms with E-state index < -0.39 is 0 Å². The molecule has 0 bridgehead atoms. The van der Waals surface area contributed by atoms with Gasteiger partial charge in [0, 0.05) is 29.7 Å². The first-order valence-electron chi connectivity index (χ1n) is 7.97. The topological polar surface area (TPSA) is 29.0 Å². The lowest BCUT2D eigenvalue weighted by atomic mass is 10.1. The maximum atomic E-state index is 6.03. The van der Waals surface area contributed by atoms with Crippen LogP contribution in [0.3, 0.4) is 0 Å². The van der Waals surface area contributed by atoms with Gasteiger partial charge in [-0.1, -0.05) is 20.3 Å². The van der Waals surface area contributed by atoms with E-state index in [-0.39, 0.29) is 0 Å². The third-order valence-electron chi connectivity index (χ3n) is 4.33. The van der Waals surface area contributed by atoms with Crippen molar-refractivity contribution in [2.75, 3.05) is 17.3 Å². The van der Waals surface area contributed by atoms with Crippen molar-refractivity contribution in [3.63, 3.8) is 0 Å². The Bertz CT molecular complexity index is 418. The summed E-state index contributed by atoms with van der Waals surface area (Å²) in [5, 5.41) is 0. The molecule has 20 heavy (non-hydrogen) atoms. The summed E-state index contributed by atoms with van der Waals surface area (Å²) in [6, 6.07) is 0.524. The maximum absolute atomic E-state index is 6.03. The van der Waals surface area contributed by atoms with Crippen molar-refractivity contribution < 1.29 is 0 Å². The molecule has 3 nitrogen and oxygen atoms in total. The molecule has 0 fully saturated rings. The summed E-state index contributed by atoms with van der Waals surface area (Å²) in [5.41, 5.74) is 2.64.